The molecule has 1 heterocycles. The van der Waals surface area contributed by atoms with E-state index in [4.69, 9.17) is 5.11 Å². The molecule has 1 N–H and O–H groups in total. The highest BCUT2D eigenvalue weighted by Crippen LogP contribution is 2.23. The number of carbonyl (C=O) groups excluding carboxylic acids is 1. The van der Waals surface area contributed by atoms with Gasteiger partial charge in [-0.05, 0) is 30.5 Å². The van der Waals surface area contributed by atoms with Gasteiger partial charge in [0.15, 0.2) is 0 Å². The second-order valence-electron chi connectivity index (χ2n) is 6.30. The smallest absolute Gasteiger partial charge is 0.323 e. The van der Waals surface area contributed by atoms with Gasteiger partial charge in [0, 0.05) is 13.0 Å². The Labute approximate surface area is 150 Å². The molecule has 0 aliphatic rings. The maximum absolute atomic E-state index is 13.0. The summed E-state index contributed by atoms with van der Waals surface area (Å²) in [5.41, 5.74) is 1.49. The van der Waals surface area contributed by atoms with Crippen molar-refractivity contribution in [3.8, 4) is 0 Å². The second-order valence-corrected chi connectivity index (χ2v) is 7.38. The number of thiazole rings is 1. The molecule has 1 aromatic carbocycles. The number of aryl methyl sites for hydroxylation is 1. The van der Waals surface area contributed by atoms with Gasteiger partial charge >= 0.3 is 5.97 Å². The zero-order chi connectivity index (χ0) is 18.6. The molecule has 0 atom stereocenters. The highest BCUT2D eigenvalue weighted by atomic mass is 32.1. The van der Waals surface area contributed by atoms with E-state index in [9.17, 15) is 14.0 Å². The lowest BCUT2D eigenvalue weighted by Crippen LogP contribution is -2.38. The van der Waals surface area contributed by atoms with Crippen molar-refractivity contribution in [1.82, 2.24) is 9.88 Å². The number of nitrogens with zero attached hydrogens (tertiary/aromatic N) is 2. The summed E-state index contributed by atoms with van der Waals surface area (Å²) in [7, 11) is 0. The molecule has 0 unspecified atom stereocenters. The first-order valence-electron chi connectivity index (χ1n) is 7.98. The third-order valence-electron chi connectivity index (χ3n) is 3.50. The normalized spacial score (nSPS) is 10.9. The van der Waals surface area contributed by atoms with Crippen molar-refractivity contribution in [2.24, 2.45) is 5.92 Å². The number of amides is 1. The van der Waals surface area contributed by atoms with Crippen molar-refractivity contribution in [1.29, 1.82) is 0 Å². The number of hydrogen-bond donors (Lipinski definition) is 1. The Morgan fingerprint density at radius 2 is 1.92 bits per heavy atom. The van der Waals surface area contributed by atoms with Crippen molar-refractivity contribution in [2.75, 3.05) is 13.1 Å². The Kier molecular flexibility index (Phi) is 6.25. The van der Waals surface area contributed by atoms with Crippen LogP contribution in [0.2, 0.25) is 0 Å². The fraction of sp³-hybridized carbons (Fsp3) is 0.389. The van der Waals surface area contributed by atoms with Gasteiger partial charge in [0.2, 0.25) is 0 Å². The first-order chi connectivity index (χ1) is 11.8. The molecule has 0 aliphatic carbocycles. The number of benzene rings is 1. The summed E-state index contributed by atoms with van der Waals surface area (Å²) in [6.07, 6.45) is 0.502. The van der Waals surface area contributed by atoms with Gasteiger partial charge in [0.1, 0.15) is 17.2 Å². The number of rotatable bonds is 7. The van der Waals surface area contributed by atoms with Gasteiger partial charge in [-0.15, -0.1) is 11.3 Å². The Bertz CT molecular complexity index is 756. The summed E-state index contributed by atoms with van der Waals surface area (Å²) in [4.78, 5) is 30.0. The van der Waals surface area contributed by atoms with Gasteiger partial charge in [-0.1, -0.05) is 26.0 Å². The monoisotopic (exact) mass is 364 g/mol. The van der Waals surface area contributed by atoms with E-state index in [0.29, 0.717) is 23.5 Å². The van der Waals surface area contributed by atoms with Crippen LogP contribution >= 0.6 is 11.3 Å². The highest BCUT2D eigenvalue weighted by molar-refractivity contribution is 7.13. The van der Waals surface area contributed by atoms with Crippen LogP contribution < -0.4 is 0 Å². The van der Waals surface area contributed by atoms with Gasteiger partial charge in [0.25, 0.3) is 5.91 Å². The van der Waals surface area contributed by atoms with E-state index < -0.39 is 5.97 Å². The lowest BCUT2D eigenvalue weighted by Gasteiger charge is -2.22. The van der Waals surface area contributed by atoms with Gasteiger partial charge < -0.3 is 10.0 Å². The molecule has 1 amide bonds. The Morgan fingerprint density at radius 1 is 1.28 bits per heavy atom. The predicted molar refractivity (Wildman–Crippen MR) is 94.4 cm³/mol. The second kappa shape index (κ2) is 8.20. The van der Waals surface area contributed by atoms with Crippen LogP contribution in [0.3, 0.4) is 0 Å². The molecule has 2 aromatic rings. The fourth-order valence-electron chi connectivity index (χ4n) is 2.47. The van der Waals surface area contributed by atoms with Gasteiger partial charge in [-0.3, -0.25) is 9.59 Å². The van der Waals surface area contributed by atoms with Crippen LogP contribution in [-0.2, 0) is 11.2 Å². The molecule has 0 aliphatic heterocycles. The molecule has 2 rings (SSSR count). The van der Waals surface area contributed by atoms with E-state index in [2.05, 4.69) is 4.98 Å². The molecule has 1 aromatic heterocycles. The molecule has 0 spiro atoms. The molecule has 134 valence electrons. The first-order valence-corrected chi connectivity index (χ1v) is 8.79. The lowest BCUT2D eigenvalue weighted by molar-refractivity contribution is -0.137. The molecule has 7 heteroatoms. The quantitative estimate of drug-likeness (QED) is 0.818. The van der Waals surface area contributed by atoms with E-state index in [-0.39, 0.29) is 24.2 Å². The van der Waals surface area contributed by atoms with E-state index in [1.54, 1.807) is 19.1 Å². The number of aromatic nitrogens is 1. The van der Waals surface area contributed by atoms with Crippen molar-refractivity contribution >= 4 is 23.2 Å². The third kappa shape index (κ3) is 5.35. The van der Waals surface area contributed by atoms with E-state index in [0.717, 1.165) is 10.6 Å². The Morgan fingerprint density at radius 3 is 2.48 bits per heavy atom. The summed E-state index contributed by atoms with van der Waals surface area (Å²) >= 11 is 1.26. The third-order valence-corrected chi connectivity index (χ3v) is 4.65. The summed E-state index contributed by atoms with van der Waals surface area (Å²) in [5, 5.41) is 9.79. The van der Waals surface area contributed by atoms with Crippen LogP contribution in [0.5, 0.6) is 0 Å². The summed E-state index contributed by atoms with van der Waals surface area (Å²) < 4.78 is 13.0. The minimum Gasteiger partial charge on any atom is -0.480 e. The number of carbonyl (C=O) groups is 2. The largest absolute Gasteiger partial charge is 0.480 e. The zero-order valence-corrected chi connectivity index (χ0v) is 15.3. The molecule has 5 nitrogen and oxygen atoms in total. The van der Waals surface area contributed by atoms with Crippen molar-refractivity contribution in [3.63, 3.8) is 0 Å². The number of halogens is 1. The SMILES string of the molecule is Cc1nc(Cc2ccc(F)cc2)sc1C(=O)N(CC(=O)O)CC(C)C. The molecule has 0 radical (unpaired) electrons. The minimum atomic E-state index is -1.04. The highest BCUT2D eigenvalue weighted by Gasteiger charge is 2.24. The molecule has 25 heavy (non-hydrogen) atoms. The zero-order valence-electron chi connectivity index (χ0n) is 14.5. The van der Waals surface area contributed by atoms with Crippen LogP contribution in [0.1, 0.15) is 39.8 Å². The minimum absolute atomic E-state index is 0.162. The number of hydrogen-bond acceptors (Lipinski definition) is 4. The standard InChI is InChI=1S/C18H21FN2O3S/c1-11(2)9-21(10-16(22)23)18(24)17-12(3)20-15(25-17)8-13-4-6-14(19)7-5-13/h4-7,11H,8-10H2,1-3H3,(H,22,23). The number of aliphatic carboxylic acids is 1. The van der Waals surface area contributed by atoms with Gasteiger partial charge in [-0.2, -0.15) is 0 Å². The maximum Gasteiger partial charge on any atom is 0.323 e. The molecular weight excluding hydrogens is 343 g/mol. The van der Waals surface area contributed by atoms with Crippen molar-refractivity contribution in [3.05, 3.63) is 51.2 Å². The molecule has 0 saturated heterocycles. The van der Waals surface area contributed by atoms with Crippen molar-refractivity contribution in [2.45, 2.75) is 27.2 Å². The Balaban J connectivity index is 2.20. The summed E-state index contributed by atoms with van der Waals surface area (Å²) in [6.45, 7) is 5.65. The fourth-order valence-corrected chi connectivity index (χ4v) is 3.54. The van der Waals surface area contributed by atoms with Crippen LogP contribution in [0.25, 0.3) is 0 Å². The van der Waals surface area contributed by atoms with E-state index in [1.165, 1.54) is 28.4 Å². The average molecular weight is 364 g/mol. The molecule has 0 saturated carbocycles. The van der Waals surface area contributed by atoms with Crippen LogP contribution in [-0.4, -0.2) is 40.0 Å². The summed E-state index contributed by atoms with van der Waals surface area (Å²) in [6, 6.07) is 6.14. The summed E-state index contributed by atoms with van der Waals surface area (Å²) in [5.74, 6) is -1.48. The van der Waals surface area contributed by atoms with E-state index in [1.807, 2.05) is 13.8 Å². The first kappa shape index (κ1) is 19.1. The molecular formula is C18H21FN2O3S. The van der Waals surface area contributed by atoms with Crippen LogP contribution in [0.4, 0.5) is 4.39 Å². The average Bonchev–Trinajstić information content (AvgIpc) is 2.88. The predicted octanol–water partition coefficient (Wildman–Crippen LogP) is 3.36. The Hall–Kier alpha value is -2.28. The van der Waals surface area contributed by atoms with E-state index >= 15 is 0 Å². The molecule has 0 fully saturated rings. The van der Waals surface area contributed by atoms with Crippen LogP contribution in [0.15, 0.2) is 24.3 Å². The number of carboxylic acids is 1. The maximum atomic E-state index is 13.0. The topological polar surface area (TPSA) is 70.5 Å². The van der Waals surface area contributed by atoms with Crippen LogP contribution in [0, 0.1) is 18.7 Å². The van der Waals surface area contributed by atoms with Gasteiger partial charge in [-0.25, -0.2) is 9.37 Å². The van der Waals surface area contributed by atoms with Gasteiger partial charge in [0.05, 0.1) is 10.7 Å². The number of carboxylic acid groups (broad SMARTS) is 1. The lowest BCUT2D eigenvalue weighted by atomic mass is 10.1. The van der Waals surface area contributed by atoms with Crippen molar-refractivity contribution < 1.29 is 19.1 Å². The molecule has 0 bridgehead atoms.